The first-order valence-corrected chi connectivity index (χ1v) is 6.40. The van der Waals surface area contributed by atoms with Crippen molar-refractivity contribution in [1.29, 1.82) is 0 Å². The van der Waals surface area contributed by atoms with Gasteiger partial charge in [0, 0.05) is 37.4 Å². The predicted molar refractivity (Wildman–Crippen MR) is 71.9 cm³/mol. The van der Waals surface area contributed by atoms with Gasteiger partial charge in [0.15, 0.2) is 0 Å². The summed E-state index contributed by atoms with van der Waals surface area (Å²) in [5.74, 6) is 0.962. The van der Waals surface area contributed by atoms with Gasteiger partial charge in [0.25, 0.3) is 0 Å². The summed E-state index contributed by atoms with van der Waals surface area (Å²) in [6, 6.07) is 8.94. The molecular formula is C14H22N2O. The SMILES string of the molecule is CC(C)Oc1cccc(N2CCN[C@H](C)C2)c1. The van der Waals surface area contributed by atoms with Crippen LogP contribution in [0.4, 0.5) is 5.69 Å². The molecule has 0 aliphatic carbocycles. The lowest BCUT2D eigenvalue weighted by atomic mass is 10.2. The molecule has 1 heterocycles. The number of nitrogens with one attached hydrogen (secondary N) is 1. The molecule has 1 aliphatic heterocycles. The Bertz CT molecular complexity index is 365. The van der Waals surface area contributed by atoms with Gasteiger partial charge in [-0.1, -0.05) is 6.07 Å². The van der Waals surface area contributed by atoms with Crippen molar-refractivity contribution in [2.75, 3.05) is 24.5 Å². The molecule has 17 heavy (non-hydrogen) atoms. The first kappa shape index (κ1) is 12.2. The minimum Gasteiger partial charge on any atom is -0.491 e. The lowest BCUT2D eigenvalue weighted by molar-refractivity contribution is 0.242. The molecule has 0 radical (unpaired) electrons. The third kappa shape index (κ3) is 3.37. The van der Waals surface area contributed by atoms with E-state index in [0.717, 1.165) is 25.4 Å². The van der Waals surface area contributed by atoms with Crippen molar-refractivity contribution in [1.82, 2.24) is 5.32 Å². The highest BCUT2D eigenvalue weighted by molar-refractivity contribution is 5.51. The van der Waals surface area contributed by atoms with Crippen molar-refractivity contribution < 1.29 is 4.74 Å². The van der Waals surface area contributed by atoms with Crippen LogP contribution in [-0.2, 0) is 0 Å². The molecule has 1 saturated heterocycles. The van der Waals surface area contributed by atoms with Gasteiger partial charge in [-0.2, -0.15) is 0 Å². The molecule has 0 aromatic heterocycles. The fraction of sp³-hybridized carbons (Fsp3) is 0.571. The van der Waals surface area contributed by atoms with Crippen LogP contribution >= 0.6 is 0 Å². The van der Waals surface area contributed by atoms with Crippen molar-refractivity contribution in [3.8, 4) is 5.75 Å². The number of nitrogens with zero attached hydrogens (tertiary/aromatic N) is 1. The molecule has 1 aliphatic rings. The number of ether oxygens (including phenoxy) is 1. The van der Waals surface area contributed by atoms with Crippen LogP contribution in [0.2, 0.25) is 0 Å². The van der Waals surface area contributed by atoms with Gasteiger partial charge in [-0.05, 0) is 32.9 Å². The maximum atomic E-state index is 5.73. The second-order valence-electron chi connectivity index (χ2n) is 4.97. The predicted octanol–water partition coefficient (Wildman–Crippen LogP) is 2.27. The Hall–Kier alpha value is -1.22. The number of benzene rings is 1. The zero-order chi connectivity index (χ0) is 12.3. The Morgan fingerprint density at radius 3 is 2.94 bits per heavy atom. The molecule has 1 aromatic carbocycles. The third-order valence-electron chi connectivity index (χ3n) is 2.92. The van der Waals surface area contributed by atoms with E-state index in [0.29, 0.717) is 6.04 Å². The Morgan fingerprint density at radius 2 is 2.24 bits per heavy atom. The average Bonchev–Trinajstić information content (AvgIpc) is 2.28. The van der Waals surface area contributed by atoms with E-state index in [1.807, 2.05) is 6.07 Å². The molecule has 3 heteroatoms. The summed E-state index contributed by atoms with van der Waals surface area (Å²) < 4.78 is 5.73. The van der Waals surface area contributed by atoms with Gasteiger partial charge in [-0.3, -0.25) is 0 Å². The number of hydrogen-bond acceptors (Lipinski definition) is 3. The summed E-state index contributed by atoms with van der Waals surface area (Å²) in [5.41, 5.74) is 1.26. The number of anilines is 1. The van der Waals surface area contributed by atoms with E-state index in [9.17, 15) is 0 Å². The molecule has 1 atom stereocenters. The quantitative estimate of drug-likeness (QED) is 0.868. The van der Waals surface area contributed by atoms with Crippen molar-refractivity contribution in [2.45, 2.75) is 32.9 Å². The van der Waals surface area contributed by atoms with Gasteiger partial charge in [-0.25, -0.2) is 0 Å². The van der Waals surface area contributed by atoms with Gasteiger partial charge in [0.05, 0.1) is 6.10 Å². The first-order valence-electron chi connectivity index (χ1n) is 6.40. The number of rotatable bonds is 3. The summed E-state index contributed by atoms with van der Waals surface area (Å²) in [6.07, 6.45) is 0.229. The smallest absolute Gasteiger partial charge is 0.121 e. The highest BCUT2D eigenvalue weighted by Crippen LogP contribution is 2.22. The molecule has 0 saturated carbocycles. The monoisotopic (exact) mass is 234 g/mol. The molecule has 1 fully saturated rings. The lowest BCUT2D eigenvalue weighted by Gasteiger charge is -2.33. The second kappa shape index (κ2) is 5.41. The fourth-order valence-corrected chi connectivity index (χ4v) is 2.19. The van der Waals surface area contributed by atoms with Crippen LogP contribution in [0.15, 0.2) is 24.3 Å². The van der Waals surface area contributed by atoms with Crippen molar-refractivity contribution in [3.05, 3.63) is 24.3 Å². The fourth-order valence-electron chi connectivity index (χ4n) is 2.19. The highest BCUT2D eigenvalue weighted by atomic mass is 16.5. The first-order chi connectivity index (χ1) is 8.15. The van der Waals surface area contributed by atoms with E-state index in [2.05, 4.69) is 49.2 Å². The van der Waals surface area contributed by atoms with Crippen LogP contribution in [0.1, 0.15) is 20.8 Å². The van der Waals surface area contributed by atoms with E-state index < -0.39 is 0 Å². The maximum Gasteiger partial charge on any atom is 0.121 e. The van der Waals surface area contributed by atoms with E-state index in [1.165, 1.54) is 5.69 Å². The molecule has 94 valence electrons. The molecular weight excluding hydrogens is 212 g/mol. The van der Waals surface area contributed by atoms with Crippen LogP contribution < -0.4 is 15.0 Å². The molecule has 1 N–H and O–H groups in total. The lowest BCUT2D eigenvalue weighted by Crippen LogP contribution is -2.49. The van der Waals surface area contributed by atoms with Crippen LogP contribution in [0, 0.1) is 0 Å². The van der Waals surface area contributed by atoms with Crippen molar-refractivity contribution in [3.63, 3.8) is 0 Å². The zero-order valence-corrected chi connectivity index (χ0v) is 10.9. The summed E-state index contributed by atoms with van der Waals surface area (Å²) in [5, 5.41) is 3.46. The normalized spacial score (nSPS) is 20.7. The minimum absolute atomic E-state index is 0.229. The molecule has 0 bridgehead atoms. The minimum atomic E-state index is 0.229. The van der Waals surface area contributed by atoms with Crippen LogP contribution in [0.5, 0.6) is 5.75 Å². The number of hydrogen-bond donors (Lipinski definition) is 1. The van der Waals surface area contributed by atoms with Crippen LogP contribution in [0.25, 0.3) is 0 Å². The zero-order valence-electron chi connectivity index (χ0n) is 10.9. The molecule has 3 nitrogen and oxygen atoms in total. The standard InChI is InChI=1S/C14H22N2O/c1-11(2)17-14-6-4-5-13(9-14)16-8-7-15-12(3)10-16/h4-6,9,11-12,15H,7-8,10H2,1-3H3/t12-/m1/s1. The largest absolute Gasteiger partial charge is 0.491 e. The molecule has 2 rings (SSSR count). The summed E-state index contributed by atoms with van der Waals surface area (Å²) in [7, 11) is 0. The Labute approximate surface area is 104 Å². The van der Waals surface area contributed by atoms with E-state index in [1.54, 1.807) is 0 Å². The van der Waals surface area contributed by atoms with Crippen molar-refractivity contribution >= 4 is 5.69 Å². The summed E-state index contributed by atoms with van der Waals surface area (Å²) in [6.45, 7) is 9.51. The van der Waals surface area contributed by atoms with E-state index in [4.69, 9.17) is 4.74 Å². The Balaban J connectivity index is 2.09. The Kier molecular flexibility index (Phi) is 3.89. The average molecular weight is 234 g/mol. The Morgan fingerprint density at radius 1 is 1.41 bits per heavy atom. The summed E-state index contributed by atoms with van der Waals surface area (Å²) in [4.78, 5) is 2.41. The van der Waals surface area contributed by atoms with Gasteiger partial charge in [-0.15, -0.1) is 0 Å². The van der Waals surface area contributed by atoms with E-state index >= 15 is 0 Å². The maximum absolute atomic E-state index is 5.73. The summed E-state index contributed by atoms with van der Waals surface area (Å²) >= 11 is 0. The molecule has 0 spiro atoms. The molecule has 0 amide bonds. The topological polar surface area (TPSA) is 24.5 Å². The third-order valence-corrected chi connectivity index (χ3v) is 2.92. The van der Waals surface area contributed by atoms with Gasteiger partial charge >= 0.3 is 0 Å². The van der Waals surface area contributed by atoms with Gasteiger partial charge in [0.2, 0.25) is 0 Å². The molecule has 1 aromatic rings. The van der Waals surface area contributed by atoms with Crippen LogP contribution in [0.3, 0.4) is 0 Å². The van der Waals surface area contributed by atoms with Gasteiger partial charge in [0.1, 0.15) is 5.75 Å². The van der Waals surface area contributed by atoms with Crippen molar-refractivity contribution in [2.24, 2.45) is 0 Å². The second-order valence-corrected chi connectivity index (χ2v) is 4.97. The highest BCUT2D eigenvalue weighted by Gasteiger charge is 2.16. The molecule has 0 unspecified atom stereocenters. The van der Waals surface area contributed by atoms with Gasteiger partial charge < -0.3 is 15.0 Å². The number of piperazine rings is 1. The van der Waals surface area contributed by atoms with Crippen LogP contribution in [-0.4, -0.2) is 31.8 Å². The van der Waals surface area contributed by atoms with E-state index in [-0.39, 0.29) is 6.10 Å².